The highest BCUT2D eigenvalue weighted by molar-refractivity contribution is 5.91. The van der Waals surface area contributed by atoms with E-state index in [0.29, 0.717) is 24.6 Å². The third kappa shape index (κ3) is 3.56. The lowest BCUT2D eigenvalue weighted by Gasteiger charge is -2.26. The van der Waals surface area contributed by atoms with Crippen LogP contribution in [0.25, 0.3) is 0 Å². The Morgan fingerprint density at radius 1 is 1.39 bits per heavy atom. The van der Waals surface area contributed by atoms with Crippen LogP contribution < -0.4 is 11.1 Å². The number of carbonyl (C=O) groups is 1. The van der Waals surface area contributed by atoms with Gasteiger partial charge in [-0.2, -0.15) is 0 Å². The van der Waals surface area contributed by atoms with Gasteiger partial charge in [0.25, 0.3) is 5.91 Å². The summed E-state index contributed by atoms with van der Waals surface area (Å²) >= 11 is 0. The molecule has 0 spiro atoms. The number of nitrogens with zero attached hydrogens (tertiary/aromatic N) is 1. The molecule has 0 aliphatic carbocycles. The normalized spacial score (nSPS) is 16.7. The number of morpholine rings is 1. The molecule has 1 aliphatic rings. The summed E-state index contributed by atoms with van der Waals surface area (Å²) in [5.41, 5.74) is 5.42. The van der Waals surface area contributed by atoms with Crippen molar-refractivity contribution in [3.63, 3.8) is 0 Å². The van der Waals surface area contributed by atoms with Gasteiger partial charge in [-0.25, -0.2) is 0 Å². The van der Waals surface area contributed by atoms with Gasteiger partial charge >= 0.3 is 0 Å². The zero-order valence-electron chi connectivity index (χ0n) is 10.4. The molecule has 0 aromatic carbocycles. The predicted octanol–water partition coefficient (Wildman–Crippen LogP) is -0.200. The number of nitrogens with one attached hydrogen (secondary N) is 1. The van der Waals surface area contributed by atoms with Gasteiger partial charge < -0.3 is 20.2 Å². The Balaban J connectivity index is 1.70. The Bertz CT molecular complexity index is 386. The molecule has 1 saturated heterocycles. The van der Waals surface area contributed by atoms with Crippen LogP contribution in [0.1, 0.15) is 16.3 Å². The third-order valence-electron chi connectivity index (χ3n) is 2.90. The van der Waals surface area contributed by atoms with Crippen LogP contribution in [0.4, 0.5) is 0 Å². The number of ether oxygens (including phenoxy) is 1. The van der Waals surface area contributed by atoms with Crippen LogP contribution >= 0.6 is 0 Å². The maximum Gasteiger partial charge on any atom is 0.287 e. The van der Waals surface area contributed by atoms with Crippen LogP contribution in [0, 0.1) is 0 Å². The molecule has 3 N–H and O–H groups in total. The summed E-state index contributed by atoms with van der Waals surface area (Å²) in [6.45, 7) is 5.14. The van der Waals surface area contributed by atoms with Crippen molar-refractivity contribution < 1.29 is 13.9 Å². The summed E-state index contributed by atoms with van der Waals surface area (Å²) in [6.07, 6.45) is 0. The molecule has 0 unspecified atom stereocenters. The zero-order chi connectivity index (χ0) is 12.8. The van der Waals surface area contributed by atoms with Gasteiger partial charge in [0.2, 0.25) is 0 Å². The van der Waals surface area contributed by atoms with E-state index in [0.717, 1.165) is 32.8 Å². The monoisotopic (exact) mass is 253 g/mol. The fourth-order valence-electron chi connectivity index (χ4n) is 1.85. The third-order valence-corrected chi connectivity index (χ3v) is 2.90. The lowest BCUT2D eigenvalue weighted by Crippen LogP contribution is -2.41. The van der Waals surface area contributed by atoms with E-state index in [9.17, 15) is 4.79 Å². The Labute approximate surface area is 106 Å². The van der Waals surface area contributed by atoms with Crippen LogP contribution in [0.3, 0.4) is 0 Å². The number of carbonyl (C=O) groups excluding carboxylic acids is 1. The maximum absolute atomic E-state index is 11.7. The van der Waals surface area contributed by atoms with Crippen molar-refractivity contribution in [2.24, 2.45) is 5.73 Å². The predicted molar refractivity (Wildman–Crippen MR) is 66.2 cm³/mol. The van der Waals surface area contributed by atoms with Gasteiger partial charge in [-0.05, 0) is 12.1 Å². The van der Waals surface area contributed by atoms with Crippen molar-refractivity contribution in [1.82, 2.24) is 10.2 Å². The molecule has 100 valence electrons. The molecule has 1 aliphatic heterocycles. The fraction of sp³-hybridized carbons (Fsp3) is 0.583. The summed E-state index contributed by atoms with van der Waals surface area (Å²) in [6, 6.07) is 3.36. The standard InChI is InChI=1S/C12H19N3O3/c13-9-10-1-2-11(18-10)12(16)14-3-4-15-5-7-17-8-6-15/h1-2H,3-9,13H2,(H,14,16). The highest BCUT2D eigenvalue weighted by Crippen LogP contribution is 2.06. The van der Waals surface area contributed by atoms with Gasteiger partial charge in [0.05, 0.1) is 19.8 Å². The Kier molecular flexibility index (Phi) is 4.74. The number of nitrogens with two attached hydrogens (primary N) is 1. The van der Waals surface area contributed by atoms with Crippen LogP contribution in [-0.4, -0.2) is 50.2 Å². The first-order valence-electron chi connectivity index (χ1n) is 6.16. The number of rotatable bonds is 5. The van der Waals surface area contributed by atoms with Gasteiger partial charge in [-0.1, -0.05) is 0 Å². The van der Waals surface area contributed by atoms with E-state index in [1.54, 1.807) is 12.1 Å². The number of hydrogen-bond acceptors (Lipinski definition) is 5. The summed E-state index contributed by atoms with van der Waals surface area (Å²) in [5, 5.41) is 2.83. The van der Waals surface area contributed by atoms with Crippen molar-refractivity contribution in [3.05, 3.63) is 23.7 Å². The molecule has 2 rings (SSSR count). The van der Waals surface area contributed by atoms with E-state index >= 15 is 0 Å². The molecule has 1 aromatic rings. The molecular formula is C12H19N3O3. The average Bonchev–Trinajstić information content (AvgIpc) is 2.89. The molecule has 0 radical (unpaired) electrons. The van der Waals surface area contributed by atoms with Crippen molar-refractivity contribution in [2.75, 3.05) is 39.4 Å². The minimum Gasteiger partial charge on any atom is -0.455 e. The van der Waals surface area contributed by atoms with Gasteiger partial charge in [-0.3, -0.25) is 9.69 Å². The Morgan fingerprint density at radius 3 is 2.83 bits per heavy atom. The molecule has 0 saturated carbocycles. The number of furan rings is 1. The first-order valence-corrected chi connectivity index (χ1v) is 6.16. The second kappa shape index (κ2) is 6.53. The van der Waals surface area contributed by atoms with Gasteiger partial charge in [-0.15, -0.1) is 0 Å². The first kappa shape index (κ1) is 13.1. The molecule has 6 heteroatoms. The Morgan fingerprint density at radius 2 is 2.17 bits per heavy atom. The van der Waals surface area contributed by atoms with Crippen LogP contribution in [0.15, 0.2) is 16.5 Å². The van der Waals surface area contributed by atoms with E-state index in [2.05, 4.69) is 10.2 Å². The summed E-state index contributed by atoms with van der Waals surface area (Å²) in [7, 11) is 0. The molecule has 0 bridgehead atoms. The maximum atomic E-state index is 11.7. The van der Waals surface area contributed by atoms with Gasteiger partial charge in [0, 0.05) is 26.2 Å². The molecule has 1 fully saturated rings. The zero-order valence-corrected chi connectivity index (χ0v) is 10.4. The van der Waals surface area contributed by atoms with Crippen LogP contribution in [-0.2, 0) is 11.3 Å². The van der Waals surface area contributed by atoms with Gasteiger partial charge in [0.15, 0.2) is 5.76 Å². The molecule has 6 nitrogen and oxygen atoms in total. The first-order chi connectivity index (χ1) is 8.79. The quantitative estimate of drug-likeness (QED) is 0.759. The summed E-state index contributed by atoms with van der Waals surface area (Å²) in [4.78, 5) is 14.0. The van der Waals surface area contributed by atoms with E-state index < -0.39 is 0 Å². The number of amides is 1. The minimum absolute atomic E-state index is 0.192. The topological polar surface area (TPSA) is 80.7 Å². The van der Waals surface area contributed by atoms with Crippen molar-refractivity contribution in [1.29, 1.82) is 0 Å². The second-order valence-electron chi connectivity index (χ2n) is 4.18. The smallest absolute Gasteiger partial charge is 0.287 e. The fourth-order valence-corrected chi connectivity index (χ4v) is 1.85. The summed E-state index contributed by atoms with van der Waals surface area (Å²) in [5.74, 6) is 0.744. The highest BCUT2D eigenvalue weighted by atomic mass is 16.5. The van der Waals surface area contributed by atoms with Crippen LogP contribution in [0.2, 0.25) is 0 Å². The minimum atomic E-state index is -0.192. The average molecular weight is 253 g/mol. The molecule has 1 amide bonds. The van der Waals surface area contributed by atoms with Gasteiger partial charge in [0.1, 0.15) is 5.76 Å². The van der Waals surface area contributed by atoms with Crippen molar-refractivity contribution in [3.8, 4) is 0 Å². The van der Waals surface area contributed by atoms with Crippen molar-refractivity contribution in [2.45, 2.75) is 6.54 Å². The molecule has 1 aromatic heterocycles. The molecular weight excluding hydrogens is 234 g/mol. The second-order valence-corrected chi connectivity index (χ2v) is 4.18. The summed E-state index contributed by atoms with van der Waals surface area (Å²) < 4.78 is 10.5. The Hall–Kier alpha value is -1.37. The van der Waals surface area contributed by atoms with E-state index in [-0.39, 0.29) is 5.91 Å². The van der Waals surface area contributed by atoms with E-state index in [1.165, 1.54) is 0 Å². The largest absolute Gasteiger partial charge is 0.455 e. The lowest BCUT2D eigenvalue weighted by molar-refractivity contribution is 0.0382. The highest BCUT2D eigenvalue weighted by Gasteiger charge is 2.12. The van der Waals surface area contributed by atoms with Crippen molar-refractivity contribution >= 4 is 5.91 Å². The van der Waals surface area contributed by atoms with E-state index in [4.69, 9.17) is 14.9 Å². The van der Waals surface area contributed by atoms with Crippen LogP contribution in [0.5, 0.6) is 0 Å². The lowest BCUT2D eigenvalue weighted by atomic mass is 10.4. The molecule has 18 heavy (non-hydrogen) atoms. The SMILES string of the molecule is NCc1ccc(C(=O)NCCN2CCOCC2)o1. The molecule has 0 atom stereocenters. The van der Waals surface area contributed by atoms with E-state index in [1.807, 2.05) is 0 Å². The number of hydrogen-bond donors (Lipinski definition) is 2. The molecule has 2 heterocycles.